The Bertz CT molecular complexity index is 312. The van der Waals surface area contributed by atoms with Crippen molar-refractivity contribution < 1.29 is 8.78 Å². The third kappa shape index (κ3) is 2.99. The van der Waals surface area contributed by atoms with Gasteiger partial charge in [0.2, 0.25) is 0 Å². The standard InChI is InChI=1S/C12H15F2N/c13-11-5-10(6-12(14)7-11)4-9-2-1-3-15-8-9/h5-7,9,15H,1-4,8H2. The molecule has 1 unspecified atom stereocenters. The van der Waals surface area contributed by atoms with Gasteiger partial charge in [0.05, 0.1) is 0 Å². The van der Waals surface area contributed by atoms with E-state index in [1.54, 1.807) is 0 Å². The maximum Gasteiger partial charge on any atom is 0.126 e. The number of rotatable bonds is 2. The summed E-state index contributed by atoms with van der Waals surface area (Å²) in [5.74, 6) is -0.442. The van der Waals surface area contributed by atoms with E-state index in [0.29, 0.717) is 5.92 Å². The van der Waals surface area contributed by atoms with Gasteiger partial charge in [-0.1, -0.05) is 0 Å². The van der Waals surface area contributed by atoms with E-state index in [9.17, 15) is 8.78 Å². The molecule has 0 radical (unpaired) electrons. The number of piperidine rings is 1. The van der Waals surface area contributed by atoms with Crippen molar-refractivity contribution in [3.63, 3.8) is 0 Å². The van der Waals surface area contributed by atoms with E-state index in [1.807, 2.05) is 0 Å². The molecule has 15 heavy (non-hydrogen) atoms. The number of hydrogen-bond donors (Lipinski definition) is 1. The van der Waals surface area contributed by atoms with Crippen molar-refractivity contribution in [3.8, 4) is 0 Å². The van der Waals surface area contributed by atoms with Gasteiger partial charge in [0.15, 0.2) is 0 Å². The first kappa shape index (κ1) is 10.6. The lowest BCUT2D eigenvalue weighted by atomic mass is 9.92. The summed E-state index contributed by atoms with van der Waals surface area (Å²) in [5.41, 5.74) is 0.765. The van der Waals surface area contributed by atoms with Crippen LogP contribution >= 0.6 is 0 Å². The predicted octanol–water partition coefficient (Wildman–Crippen LogP) is 2.51. The highest BCUT2D eigenvalue weighted by Gasteiger charge is 2.14. The van der Waals surface area contributed by atoms with Crippen LogP contribution in [0.1, 0.15) is 18.4 Å². The van der Waals surface area contributed by atoms with E-state index in [-0.39, 0.29) is 0 Å². The molecule has 1 saturated heterocycles. The molecular formula is C12H15F2N. The minimum atomic E-state index is -0.478. The molecule has 3 heteroatoms. The van der Waals surface area contributed by atoms with Crippen LogP contribution in [0, 0.1) is 17.6 Å². The lowest BCUT2D eigenvalue weighted by Gasteiger charge is -2.22. The van der Waals surface area contributed by atoms with Gasteiger partial charge in [-0.3, -0.25) is 0 Å². The predicted molar refractivity (Wildman–Crippen MR) is 55.7 cm³/mol. The molecule has 1 aromatic rings. The Hall–Kier alpha value is -0.960. The minimum Gasteiger partial charge on any atom is -0.316 e. The molecule has 1 aromatic carbocycles. The first-order chi connectivity index (χ1) is 7.24. The average molecular weight is 211 g/mol. The first-order valence-corrected chi connectivity index (χ1v) is 5.40. The molecule has 1 fully saturated rings. The number of hydrogen-bond acceptors (Lipinski definition) is 1. The van der Waals surface area contributed by atoms with Gasteiger partial charge in [0.1, 0.15) is 11.6 Å². The normalized spacial score (nSPS) is 21.6. The van der Waals surface area contributed by atoms with Gasteiger partial charge in [-0.2, -0.15) is 0 Å². The second kappa shape index (κ2) is 4.71. The lowest BCUT2D eigenvalue weighted by Crippen LogP contribution is -2.30. The van der Waals surface area contributed by atoms with E-state index in [4.69, 9.17) is 0 Å². The Morgan fingerprint density at radius 2 is 1.93 bits per heavy atom. The molecule has 1 nitrogen and oxygen atoms in total. The molecule has 1 aliphatic rings. The van der Waals surface area contributed by atoms with Crippen molar-refractivity contribution in [3.05, 3.63) is 35.4 Å². The lowest BCUT2D eigenvalue weighted by molar-refractivity contribution is 0.375. The van der Waals surface area contributed by atoms with Crippen molar-refractivity contribution in [1.29, 1.82) is 0 Å². The number of halogens is 2. The molecule has 0 bridgehead atoms. The Morgan fingerprint density at radius 1 is 1.20 bits per heavy atom. The molecular weight excluding hydrogens is 196 g/mol. The third-order valence-corrected chi connectivity index (χ3v) is 2.85. The summed E-state index contributed by atoms with van der Waals surface area (Å²) in [6.07, 6.45) is 3.06. The van der Waals surface area contributed by atoms with E-state index < -0.39 is 11.6 Å². The molecule has 1 heterocycles. The highest BCUT2D eigenvalue weighted by atomic mass is 19.1. The molecule has 0 spiro atoms. The molecule has 0 aliphatic carbocycles. The molecule has 2 rings (SSSR count). The highest BCUT2D eigenvalue weighted by Crippen LogP contribution is 2.17. The summed E-state index contributed by atoms with van der Waals surface area (Å²) in [6.45, 7) is 2.02. The van der Waals surface area contributed by atoms with Gasteiger partial charge in [-0.05, 0) is 56.0 Å². The zero-order valence-corrected chi connectivity index (χ0v) is 8.60. The SMILES string of the molecule is Fc1cc(F)cc(CC2CCCNC2)c1. The Labute approximate surface area is 88.5 Å². The van der Waals surface area contributed by atoms with Crippen molar-refractivity contribution in [2.24, 2.45) is 5.92 Å². The summed E-state index contributed by atoms with van der Waals surface area (Å²) in [7, 11) is 0. The van der Waals surface area contributed by atoms with Crippen molar-refractivity contribution in [2.45, 2.75) is 19.3 Å². The maximum absolute atomic E-state index is 12.9. The topological polar surface area (TPSA) is 12.0 Å². The maximum atomic E-state index is 12.9. The summed E-state index contributed by atoms with van der Waals surface area (Å²) < 4.78 is 25.9. The van der Waals surface area contributed by atoms with Gasteiger partial charge >= 0.3 is 0 Å². The van der Waals surface area contributed by atoms with Gasteiger partial charge in [0.25, 0.3) is 0 Å². The fraction of sp³-hybridized carbons (Fsp3) is 0.500. The summed E-state index contributed by atoms with van der Waals surface area (Å²) in [6, 6.07) is 3.78. The van der Waals surface area contributed by atoms with Crippen molar-refractivity contribution in [1.82, 2.24) is 5.32 Å². The largest absolute Gasteiger partial charge is 0.316 e. The van der Waals surface area contributed by atoms with Crippen LogP contribution < -0.4 is 5.32 Å². The number of benzene rings is 1. The zero-order chi connectivity index (χ0) is 10.7. The highest BCUT2D eigenvalue weighted by molar-refractivity contribution is 5.18. The minimum absolute atomic E-state index is 0.478. The average Bonchev–Trinajstić information content (AvgIpc) is 2.17. The van der Waals surface area contributed by atoms with Crippen molar-refractivity contribution >= 4 is 0 Å². The fourth-order valence-corrected chi connectivity index (χ4v) is 2.16. The van der Waals surface area contributed by atoms with Gasteiger partial charge in [-0.25, -0.2) is 8.78 Å². The molecule has 1 atom stereocenters. The van der Waals surface area contributed by atoms with Gasteiger partial charge < -0.3 is 5.32 Å². The van der Waals surface area contributed by atoms with Crippen LogP contribution in [0.4, 0.5) is 8.78 Å². The molecule has 0 aromatic heterocycles. The molecule has 1 N–H and O–H groups in total. The number of nitrogens with one attached hydrogen (secondary N) is 1. The molecule has 0 saturated carbocycles. The molecule has 0 amide bonds. The first-order valence-electron chi connectivity index (χ1n) is 5.40. The van der Waals surface area contributed by atoms with Crippen LogP contribution in [-0.4, -0.2) is 13.1 Å². The van der Waals surface area contributed by atoms with Crippen LogP contribution in [0.25, 0.3) is 0 Å². The van der Waals surface area contributed by atoms with Crippen LogP contribution in [0.5, 0.6) is 0 Å². The van der Waals surface area contributed by atoms with Crippen molar-refractivity contribution in [2.75, 3.05) is 13.1 Å². The van der Waals surface area contributed by atoms with E-state index >= 15 is 0 Å². The Kier molecular flexibility index (Phi) is 3.31. The van der Waals surface area contributed by atoms with Crippen LogP contribution in [0.2, 0.25) is 0 Å². The quantitative estimate of drug-likeness (QED) is 0.792. The second-order valence-electron chi connectivity index (χ2n) is 4.19. The van der Waals surface area contributed by atoms with E-state index in [2.05, 4.69) is 5.32 Å². The van der Waals surface area contributed by atoms with Crippen LogP contribution in [0.15, 0.2) is 18.2 Å². The monoisotopic (exact) mass is 211 g/mol. The van der Waals surface area contributed by atoms with Crippen LogP contribution in [-0.2, 0) is 6.42 Å². The summed E-state index contributed by atoms with van der Waals surface area (Å²) in [5, 5.41) is 3.30. The van der Waals surface area contributed by atoms with Gasteiger partial charge in [-0.15, -0.1) is 0 Å². The molecule has 82 valence electrons. The molecule has 1 aliphatic heterocycles. The van der Waals surface area contributed by atoms with E-state index in [1.165, 1.54) is 12.1 Å². The van der Waals surface area contributed by atoms with E-state index in [0.717, 1.165) is 44.0 Å². The smallest absolute Gasteiger partial charge is 0.126 e. The van der Waals surface area contributed by atoms with Gasteiger partial charge in [0, 0.05) is 6.07 Å². The third-order valence-electron chi connectivity index (χ3n) is 2.85. The summed E-state index contributed by atoms with van der Waals surface area (Å²) in [4.78, 5) is 0. The van der Waals surface area contributed by atoms with Crippen LogP contribution in [0.3, 0.4) is 0 Å². The Morgan fingerprint density at radius 3 is 2.53 bits per heavy atom. The summed E-state index contributed by atoms with van der Waals surface area (Å²) >= 11 is 0. The fourth-order valence-electron chi connectivity index (χ4n) is 2.16. The zero-order valence-electron chi connectivity index (χ0n) is 8.60. The Balaban J connectivity index is 2.02. The second-order valence-corrected chi connectivity index (χ2v) is 4.19.